The van der Waals surface area contributed by atoms with Gasteiger partial charge in [0.2, 0.25) is 5.88 Å². The lowest BCUT2D eigenvalue weighted by molar-refractivity contribution is 0.196. The number of aliphatic imine (C=N–C) groups is 2. The van der Waals surface area contributed by atoms with Crippen LogP contribution >= 0.6 is 0 Å². The van der Waals surface area contributed by atoms with Crippen LogP contribution in [0.25, 0.3) is 5.57 Å². The SMILES string of the molecule is CC/C(=C(\NC(=NC)NCC1CC1)NC1CCC(CO)C1)c1cc2c(o1)C(C)=NC(OCC1CC1)=CC2. The first-order valence-corrected chi connectivity index (χ1v) is 14.2. The van der Waals surface area contributed by atoms with Crippen LogP contribution in [0.1, 0.15) is 82.3 Å². The maximum atomic E-state index is 9.66. The van der Waals surface area contributed by atoms with Crippen molar-refractivity contribution in [2.45, 2.75) is 77.7 Å². The monoisotopic (exact) mass is 509 g/mol. The third kappa shape index (κ3) is 6.78. The molecule has 37 heavy (non-hydrogen) atoms. The number of hydrogen-bond acceptors (Lipinski definition) is 6. The molecule has 2 heterocycles. The van der Waals surface area contributed by atoms with E-state index in [1.807, 2.05) is 14.0 Å². The molecule has 2 atom stereocenters. The van der Waals surface area contributed by atoms with Gasteiger partial charge < -0.3 is 30.2 Å². The number of allylic oxidation sites excluding steroid dienone is 2. The maximum Gasteiger partial charge on any atom is 0.209 e. The molecule has 1 aromatic heterocycles. The molecule has 0 amide bonds. The molecule has 3 fully saturated rings. The molecule has 0 radical (unpaired) electrons. The molecule has 3 aliphatic carbocycles. The van der Waals surface area contributed by atoms with Crippen LogP contribution in [0.15, 0.2) is 38.2 Å². The van der Waals surface area contributed by atoms with Gasteiger partial charge in [0.25, 0.3) is 0 Å². The average molecular weight is 510 g/mol. The number of hydrogen-bond donors (Lipinski definition) is 4. The molecule has 5 rings (SSSR count). The zero-order valence-corrected chi connectivity index (χ0v) is 22.6. The van der Waals surface area contributed by atoms with Gasteiger partial charge in [0, 0.05) is 37.4 Å². The Bertz CT molecular complexity index is 1080. The molecule has 1 aromatic rings. The number of rotatable bonds is 11. The lowest BCUT2D eigenvalue weighted by Crippen LogP contribution is -2.44. The molecule has 0 saturated heterocycles. The van der Waals surface area contributed by atoms with E-state index in [4.69, 9.17) is 14.1 Å². The van der Waals surface area contributed by atoms with Gasteiger partial charge in [-0.3, -0.25) is 4.99 Å². The quantitative estimate of drug-likeness (QED) is 0.262. The summed E-state index contributed by atoms with van der Waals surface area (Å²) in [5.41, 5.74) is 3.06. The Kier molecular flexibility index (Phi) is 8.23. The minimum absolute atomic E-state index is 0.249. The standard InChI is InChI=1S/C29H43N5O3/c1-4-24(25-14-22-10-12-26(36-17-20-7-8-20)32-18(2)27(22)37-25)28(33-23-11-9-21(13-23)16-35)34-29(30-3)31-15-19-5-6-19/h12,14,19-21,23,33,35H,4-11,13,15-17H2,1-3H3,(H2,30,31,34)/b28-24+. The average Bonchev–Trinajstić information content (AvgIpc) is 3.83. The summed E-state index contributed by atoms with van der Waals surface area (Å²) in [5, 5.41) is 20.5. The molecule has 0 bridgehead atoms. The van der Waals surface area contributed by atoms with Crippen molar-refractivity contribution in [2.24, 2.45) is 27.7 Å². The first-order valence-electron chi connectivity index (χ1n) is 14.2. The van der Waals surface area contributed by atoms with Crippen LogP contribution in [0.3, 0.4) is 0 Å². The van der Waals surface area contributed by atoms with Crippen molar-refractivity contribution in [2.75, 3.05) is 26.8 Å². The molecule has 8 heteroatoms. The fourth-order valence-electron chi connectivity index (χ4n) is 5.18. The lowest BCUT2D eigenvalue weighted by Gasteiger charge is -2.23. The summed E-state index contributed by atoms with van der Waals surface area (Å²) in [6, 6.07) is 2.45. The van der Waals surface area contributed by atoms with Gasteiger partial charge in [0.1, 0.15) is 11.6 Å². The van der Waals surface area contributed by atoms with Gasteiger partial charge >= 0.3 is 0 Å². The molecule has 4 aliphatic rings. The van der Waals surface area contributed by atoms with Crippen molar-refractivity contribution in [3.05, 3.63) is 40.9 Å². The highest BCUT2D eigenvalue weighted by Gasteiger charge is 2.28. The highest BCUT2D eigenvalue weighted by Crippen LogP contribution is 2.33. The van der Waals surface area contributed by atoms with Crippen LogP contribution < -0.4 is 16.0 Å². The van der Waals surface area contributed by atoms with Crippen molar-refractivity contribution in [3.8, 4) is 0 Å². The van der Waals surface area contributed by atoms with Crippen LogP contribution in [0.5, 0.6) is 0 Å². The maximum absolute atomic E-state index is 9.66. The second-order valence-corrected chi connectivity index (χ2v) is 11.1. The largest absolute Gasteiger partial charge is 0.478 e. The van der Waals surface area contributed by atoms with Crippen LogP contribution in [-0.2, 0) is 11.2 Å². The van der Waals surface area contributed by atoms with Crippen LogP contribution in [0, 0.1) is 17.8 Å². The summed E-state index contributed by atoms with van der Waals surface area (Å²) in [7, 11) is 1.81. The highest BCUT2D eigenvalue weighted by molar-refractivity contribution is 5.99. The molecule has 4 N–H and O–H groups in total. The van der Waals surface area contributed by atoms with Crippen molar-refractivity contribution in [1.29, 1.82) is 0 Å². The molecule has 0 aromatic carbocycles. The second-order valence-electron chi connectivity index (χ2n) is 11.1. The van der Waals surface area contributed by atoms with Crippen molar-refractivity contribution >= 4 is 17.2 Å². The smallest absolute Gasteiger partial charge is 0.209 e. The van der Waals surface area contributed by atoms with Gasteiger partial charge in [-0.1, -0.05) is 6.92 Å². The summed E-state index contributed by atoms with van der Waals surface area (Å²) in [6.45, 7) is 6.09. The van der Waals surface area contributed by atoms with E-state index in [9.17, 15) is 5.11 Å². The third-order valence-electron chi connectivity index (χ3n) is 7.90. The Hall–Kier alpha value is -2.74. The summed E-state index contributed by atoms with van der Waals surface area (Å²) < 4.78 is 12.4. The molecule has 3 saturated carbocycles. The lowest BCUT2D eigenvalue weighted by atomic mass is 10.1. The topological polar surface area (TPSA) is 103 Å². The van der Waals surface area contributed by atoms with Gasteiger partial charge in [0.05, 0.1) is 12.3 Å². The van der Waals surface area contributed by atoms with Crippen molar-refractivity contribution in [1.82, 2.24) is 16.0 Å². The Labute approximate surface area is 220 Å². The minimum Gasteiger partial charge on any atom is -0.478 e. The Balaban J connectivity index is 1.38. The summed E-state index contributed by atoms with van der Waals surface area (Å²) in [5.74, 6) is 5.89. The van der Waals surface area contributed by atoms with Crippen molar-refractivity contribution in [3.63, 3.8) is 0 Å². The van der Waals surface area contributed by atoms with Crippen LogP contribution in [0.2, 0.25) is 0 Å². The highest BCUT2D eigenvalue weighted by atomic mass is 16.5. The zero-order valence-electron chi connectivity index (χ0n) is 22.6. The fraction of sp³-hybridized carbons (Fsp3) is 0.655. The Morgan fingerprint density at radius 2 is 1.95 bits per heavy atom. The summed E-state index contributed by atoms with van der Waals surface area (Å²) in [4.78, 5) is 9.22. The fourth-order valence-corrected chi connectivity index (χ4v) is 5.18. The minimum atomic E-state index is 0.249. The molecule has 2 unspecified atom stereocenters. The van der Waals surface area contributed by atoms with Gasteiger partial charge in [-0.2, -0.15) is 0 Å². The molecule has 8 nitrogen and oxygen atoms in total. The Morgan fingerprint density at radius 1 is 1.16 bits per heavy atom. The first-order chi connectivity index (χ1) is 18.1. The molecule has 202 valence electrons. The number of ether oxygens (including phenoxy) is 1. The van der Waals surface area contributed by atoms with Crippen LogP contribution in [0.4, 0.5) is 0 Å². The Morgan fingerprint density at radius 3 is 2.62 bits per heavy atom. The summed E-state index contributed by atoms with van der Waals surface area (Å²) in [6.07, 6.45) is 11.7. The third-order valence-corrected chi connectivity index (χ3v) is 7.90. The van der Waals surface area contributed by atoms with E-state index < -0.39 is 0 Å². The summed E-state index contributed by atoms with van der Waals surface area (Å²) >= 11 is 0. The number of guanidine groups is 1. The van der Waals surface area contributed by atoms with E-state index in [-0.39, 0.29) is 6.61 Å². The molecular formula is C29H43N5O3. The van der Waals surface area contributed by atoms with E-state index in [1.54, 1.807) is 0 Å². The number of nitrogens with one attached hydrogen (secondary N) is 3. The number of aliphatic hydroxyl groups is 1. The molecular weight excluding hydrogens is 466 g/mol. The predicted molar refractivity (Wildman–Crippen MR) is 147 cm³/mol. The predicted octanol–water partition coefficient (Wildman–Crippen LogP) is 4.32. The van der Waals surface area contributed by atoms with Crippen LogP contribution in [-0.4, -0.2) is 49.6 Å². The van der Waals surface area contributed by atoms with Gasteiger partial charge in [0.15, 0.2) is 11.7 Å². The van der Waals surface area contributed by atoms with E-state index in [2.05, 4.69) is 40.0 Å². The van der Waals surface area contributed by atoms with Gasteiger partial charge in [-0.05, 0) is 94.6 Å². The molecule has 1 aliphatic heterocycles. The zero-order chi connectivity index (χ0) is 25.8. The number of nitrogens with zero attached hydrogens (tertiary/aromatic N) is 2. The number of furan rings is 1. The van der Waals surface area contributed by atoms with Gasteiger partial charge in [-0.15, -0.1) is 0 Å². The van der Waals surface area contributed by atoms with Gasteiger partial charge in [-0.25, -0.2) is 4.99 Å². The van der Waals surface area contributed by atoms with E-state index >= 15 is 0 Å². The number of aliphatic hydroxyl groups excluding tert-OH is 1. The van der Waals surface area contributed by atoms with E-state index in [1.165, 1.54) is 25.7 Å². The van der Waals surface area contributed by atoms with Crippen molar-refractivity contribution < 1.29 is 14.3 Å². The van der Waals surface area contributed by atoms with E-state index in [0.717, 1.165) is 91.3 Å². The molecule has 0 spiro atoms. The van der Waals surface area contributed by atoms with E-state index in [0.29, 0.717) is 23.8 Å². The normalized spacial score (nSPS) is 24.5. The second kappa shape index (κ2) is 11.8. The first kappa shape index (κ1) is 25.9. The number of fused-ring (bicyclic) bond motifs is 1.